The molecule has 0 unspecified atom stereocenters. The lowest BCUT2D eigenvalue weighted by Crippen LogP contribution is -2.35. The van der Waals surface area contributed by atoms with Crippen LogP contribution in [-0.2, 0) is 10.0 Å². The number of anilines is 2. The van der Waals surface area contributed by atoms with E-state index in [1.165, 1.54) is 11.8 Å². The zero-order valence-electron chi connectivity index (χ0n) is 18.1. The fourth-order valence-electron chi connectivity index (χ4n) is 3.69. The topological polar surface area (TPSA) is 71.5 Å². The molecule has 6 nitrogen and oxygen atoms in total. The highest BCUT2D eigenvalue weighted by atomic mass is 35.5. The molecule has 4 rings (SSSR count). The van der Waals surface area contributed by atoms with Crippen LogP contribution < -0.4 is 14.4 Å². The third-order valence-corrected chi connectivity index (χ3v) is 6.82. The molecule has 8 heteroatoms. The van der Waals surface area contributed by atoms with Crippen molar-refractivity contribution in [2.45, 2.75) is 12.8 Å². The number of rotatable bonds is 8. The highest BCUT2D eigenvalue weighted by Gasteiger charge is 2.20. The molecule has 172 valence electrons. The fraction of sp³-hybridized carbons (Fsp3) is 0.240. The molecule has 1 saturated heterocycles. The van der Waals surface area contributed by atoms with Gasteiger partial charge in [0.05, 0.1) is 12.0 Å². The van der Waals surface area contributed by atoms with Crippen molar-refractivity contribution in [2.24, 2.45) is 5.92 Å². The molecule has 0 atom stereocenters. The van der Waals surface area contributed by atoms with Crippen LogP contribution in [-0.4, -0.2) is 33.1 Å². The number of piperidine rings is 1. The second-order valence-electron chi connectivity index (χ2n) is 7.97. The average molecular weight is 484 g/mol. The van der Waals surface area contributed by atoms with Crippen LogP contribution in [0.25, 0.3) is 6.08 Å². The Hall–Kier alpha value is -3.03. The van der Waals surface area contributed by atoms with Crippen LogP contribution in [0.2, 0.25) is 5.02 Å². The fourth-order valence-corrected chi connectivity index (χ4v) is 4.68. The predicted octanol–water partition coefficient (Wildman–Crippen LogP) is 5.44. The normalized spacial score (nSPS) is 15.0. The van der Waals surface area contributed by atoms with Crippen molar-refractivity contribution in [1.82, 2.24) is 4.98 Å². The average Bonchev–Trinajstić information content (AvgIpc) is 2.84. The molecule has 0 amide bonds. The van der Waals surface area contributed by atoms with E-state index < -0.39 is 10.0 Å². The Morgan fingerprint density at radius 3 is 2.33 bits per heavy atom. The third-order valence-electron chi connectivity index (χ3n) is 5.55. The molecule has 0 aliphatic carbocycles. The summed E-state index contributed by atoms with van der Waals surface area (Å²) < 4.78 is 33.2. The van der Waals surface area contributed by atoms with Crippen LogP contribution in [0, 0.1) is 5.92 Å². The minimum absolute atomic E-state index is 0.480. The van der Waals surface area contributed by atoms with Crippen molar-refractivity contribution in [3.63, 3.8) is 0 Å². The van der Waals surface area contributed by atoms with Gasteiger partial charge in [-0.3, -0.25) is 9.71 Å². The second-order valence-corrected chi connectivity index (χ2v) is 9.98. The maximum Gasteiger partial charge on any atom is 0.255 e. The Bertz CT molecular complexity index is 1160. The van der Waals surface area contributed by atoms with Gasteiger partial charge in [-0.2, -0.15) is 0 Å². The molecule has 1 fully saturated rings. The SMILES string of the molecule is O=S(=O)(/C=C/c1ccc(Cl)cc1)Nc1ccc(OCC2CCN(c3ccncc3)CC2)cc1. The van der Waals surface area contributed by atoms with E-state index in [1.54, 1.807) is 48.5 Å². The molecule has 0 saturated carbocycles. The van der Waals surface area contributed by atoms with E-state index in [0.717, 1.165) is 42.7 Å². The minimum Gasteiger partial charge on any atom is -0.493 e. The molecule has 2 heterocycles. The number of aromatic nitrogens is 1. The lowest BCUT2D eigenvalue weighted by atomic mass is 9.97. The van der Waals surface area contributed by atoms with Crippen molar-refractivity contribution in [3.05, 3.63) is 89.1 Å². The van der Waals surface area contributed by atoms with E-state index in [1.807, 2.05) is 24.5 Å². The van der Waals surface area contributed by atoms with Crippen molar-refractivity contribution < 1.29 is 13.2 Å². The van der Waals surface area contributed by atoms with Crippen molar-refractivity contribution in [1.29, 1.82) is 0 Å². The first-order valence-electron chi connectivity index (χ1n) is 10.8. The summed E-state index contributed by atoms with van der Waals surface area (Å²) in [7, 11) is -3.63. The van der Waals surface area contributed by atoms with Gasteiger partial charge in [-0.05, 0) is 78.9 Å². The molecule has 1 aliphatic heterocycles. The van der Waals surface area contributed by atoms with Gasteiger partial charge in [-0.15, -0.1) is 0 Å². The van der Waals surface area contributed by atoms with Crippen molar-refractivity contribution in [2.75, 3.05) is 29.3 Å². The first-order chi connectivity index (χ1) is 16.0. The monoisotopic (exact) mass is 483 g/mol. The number of benzene rings is 2. The largest absolute Gasteiger partial charge is 0.493 e. The van der Waals surface area contributed by atoms with E-state index in [4.69, 9.17) is 16.3 Å². The van der Waals surface area contributed by atoms with Crippen molar-refractivity contribution in [3.8, 4) is 5.75 Å². The van der Waals surface area contributed by atoms with E-state index in [-0.39, 0.29) is 0 Å². The number of hydrogen-bond donors (Lipinski definition) is 1. The maximum absolute atomic E-state index is 12.3. The van der Waals surface area contributed by atoms with Gasteiger partial charge < -0.3 is 9.64 Å². The van der Waals surface area contributed by atoms with E-state index in [0.29, 0.717) is 23.2 Å². The van der Waals surface area contributed by atoms with Crippen LogP contribution in [0.4, 0.5) is 11.4 Å². The van der Waals surface area contributed by atoms with Crippen LogP contribution in [0.1, 0.15) is 18.4 Å². The number of halogens is 1. The van der Waals surface area contributed by atoms with Gasteiger partial charge in [0, 0.05) is 41.9 Å². The Morgan fingerprint density at radius 2 is 1.67 bits per heavy atom. The Morgan fingerprint density at radius 1 is 1.00 bits per heavy atom. The molecule has 1 aromatic heterocycles. The lowest BCUT2D eigenvalue weighted by Gasteiger charge is -2.33. The molecular weight excluding hydrogens is 458 g/mol. The van der Waals surface area contributed by atoms with Crippen LogP contribution in [0.15, 0.2) is 78.5 Å². The summed E-state index contributed by atoms with van der Waals surface area (Å²) in [5.74, 6) is 1.23. The first-order valence-corrected chi connectivity index (χ1v) is 12.7. The highest BCUT2D eigenvalue weighted by molar-refractivity contribution is 7.95. The zero-order chi connectivity index (χ0) is 23.1. The van der Waals surface area contributed by atoms with Gasteiger partial charge in [-0.1, -0.05) is 23.7 Å². The summed E-state index contributed by atoms with van der Waals surface area (Å²) in [5, 5.41) is 1.74. The first kappa shape index (κ1) is 23.1. The predicted molar refractivity (Wildman–Crippen MR) is 134 cm³/mol. The molecule has 0 bridgehead atoms. The number of sulfonamides is 1. The van der Waals surface area contributed by atoms with E-state index >= 15 is 0 Å². The van der Waals surface area contributed by atoms with Gasteiger partial charge in [0.1, 0.15) is 5.75 Å². The second kappa shape index (κ2) is 10.7. The van der Waals surface area contributed by atoms with Gasteiger partial charge in [0.2, 0.25) is 0 Å². The van der Waals surface area contributed by atoms with Gasteiger partial charge in [-0.25, -0.2) is 8.42 Å². The summed E-state index contributed by atoms with van der Waals surface area (Å²) in [6.45, 7) is 2.66. The van der Waals surface area contributed by atoms with Crippen LogP contribution in [0.3, 0.4) is 0 Å². The summed E-state index contributed by atoms with van der Waals surface area (Å²) in [6, 6.07) is 18.0. The van der Waals surface area contributed by atoms with Gasteiger partial charge in [0.25, 0.3) is 10.0 Å². The summed E-state index contributed by atoms with van der Waals surface area (Å²) in [6.07, 6.45) is 7.31. The number of pyridine rings is 1. The molecule has 0 spiro atoms. The summed E-state index contributed by atoms with van der Waals surface area (Å²) in [5.41, 5.74) is 2.44. The smallest absolute Gasteiger partial charge is 0.255 e. The number of nitrogens with zero attached hydrogens (tertiary/aromatic N) is 2. The number of hydrogen-bond acceptors (Lipinski definition) is 5. The van der Waals surface area contributed by atoms with E-state index in [9.17, 15) is 8.42 Å². The summed E-state index contributed by atoms with van der Waals surface area (Å²) >= 11 is 5.85. The molecular formula is C25H26ClN3O3S. The molecule has 33 heavy (non-hydrogen) atoms. The third kappa shape index (κ3) is 6.97. The van der Waals surface area contributed by atoms with E-state index in [2.05, 4.69) is 14.6 Å². The highest BCUT2D eigenvalue weighted by Crippen LogP contribution is 2.24. The Labute approximate surface area is 199 Å². The molecule has 2 aromatic carbocycles. The molecule has 3 aromatic rings. The minimum atomic E-state index is -3.63. The Balaban J connectivity index is 1.24. The standard InChI is InChI=1S/C25H26ClN3O3S/c26-22-3-1-20(2-4-22)13-18-33(30,31)28-23-5-7-25(8-6-23)32-19-21-11-16-29(17-12-21)24-9-14-27-15-10-24/h1-10,13-15,18,21,28H,11-12,16-17,19H2/b18-13+. The van der Waals surface area contributed by atoms with Gasteiger partial charge >= 0.3 is 0 Å². The molecule has 0 radical (unpaired) electrons. The number of nitrogens with one attached hydrogen (secondary N) is 1. The number of ether oxygens (including phenoxy) is 1. The van der Waals surface area contributed by atoms with Crippen molar-refractivity contribution >= 4 is 39.1 Å². The molecule has 1 N–H and O–H groups in total. The lowest BCUT2D eigenvalue weighted by molar-refractivity contribution is 0.223. The zero-order valence-corrected chi connectivity index (χ0v) is 19.7. The quantitative estimate of drug-likeness (QED) is 0.461. The van der Waals surface area contributed by atoms with Gasteiger partial charge in [0.15, 0.2) is 0 Å². The molecule has 1 aliphatic rings. The maximum atomic E-state index is 12.3. The van der Waals surface area contributed by atoms with Crippen LogP contribution >= 0.6 is 11.6 Å². The van der Waals surface area contributed by atoms with Crippen LogP contribution in [0.5, 0.6) is 5.75 Å². The summed E-state index contributed by atoms with van der Waals surface area (Å²) in [4.78, 5) is 6.45. The Kier molecular flexibility index (Phi) is 7.52.